The number of aliphatic imine (C=N–C) groups is 1. The number of nitrogens with zero attached hydrogens (tertiary/aromatic N) is 4. The molecule has 29 heavy (non-hydrogen) atoms. The maximum Gasteiger partial charge on any atom is 0.236 e. The van der Waals surface area contributed by atoms with Gasteiger partial charge in [-0.15, -0.1) is 35.7 Å². The molecule has 0 radical (unpaired) electrons. The van der Waals surface area contributed by atoms with Crippen molar-refractivity contribution in [3.05, 3.63) is 30.3 Å². The number of amides is 1. The highest BCUT2D eigenvalue weighted by Crippen LogP contribution is 2.22. The predicted molar refractivity (Wildman–Crippen MR) is 132 cm³/mol. The minimum atomic E-state index is 0. The van der Waals surface area contributed by atoms with E-state index in [9.17, 15) is 4.79 Å². The number of thioether (sulfide) groups is 1. The van der Waals surface area contributed by atoms with Crippen LogP contribution in [0.15, 0.2) is 40.2 Å². The third kappa shape index (κ3) is 7.64. The molecule has 1 unspecified atom stereocenters. The number of carbonyl (C=O) groups excluding carboxylic acids is 1. The molecule has 0 spiro atoms. The number of hydrogen-bond acceptors (Lipinski definition) is 4. The summed E-state index contributed by atoms with van der Waals surface area (Å²) < 4.78 is 0. The van der Waals surface area contributed by atoms with Crippen molar-refractivity contribution in [1.82, 2.24) is 20.0 Å². The molecule has 0 aliphatic carbocycles. The third-order valence-corrected chi connectivity index (χ3v) is 6.44. The highest BCUT2D eigenvalue weighted by molar-refractivity contribution is 14.0. The van der Waals surface area contributed by atoms with E-state index in [-0.39, 0.29) is 24.0 Å². The number of nitrogens with one attached hydrogen (secondary N) is 1. The van der Waals surface area contributed by atoms with E-state index in [0.29, 0.717) is 17.7 Å². The third-order valence-electron chi connectivity index (χ3n) is 5.33. The van der Waals surface area contributed by atoms with Crippen molar-refractivity contribution in [2.75, 3.05) is 59.4 Å². The van der Waals surface area contributed by atoms with E-state index in [1.165, 1.54) is 4.90 Å². The minimum absolute atomic E-state index is 0. The van der Waals surface area contributed by atoms with Gasteiger partial charge in [0.2, 0.25) is 5.91 Å². The topological polar surface area (TPSA) is 51.2 Å². The van der Waals surface area contributed by atoms with Gasteiger partial charge in [0, 0.05) is 63.0 Å². The van der Waals surface area contributed by atoms with E-state index in [1.807, 2.05) is 29.8 Å². The monoisotopic (exact) mass is 531 g/mol. The fraction of sp³-hybridized carbons (Fsp3) is 0.619. The zero-order chi connectivity index (χ0) is 19.8. The molecule has 0 saturated carbocycles. The van der Waals surface area contributed by atoms with Crippen LogP contribution in [0.25, 0.3) is 0 Å². The fourth-order valence-electron chi connectivity index (χ4n) is 3.72. The maximum atomic E-state index is 12.3. The SMILES string of the molecule is CN=C(NCC(C)Sc1ccccc1)N1CCN(CC(=O)N2CCCC2)CC1.I. The predicted octanol–water partition coefficient (Wildman–Crippen LogP) is 2.60. The van der Waals surface area contributed by atoms with Gasteiger partial charge < -0.3 is 15.1 Å². The molecule has 1 N–H and O–H groups in total. The number of carbonyl (C=O) groups is 1. The van der Waals surface area contributed by atoms with Crippen LogP contribution in [0.2, 0.25) is 0 Å². The van der Waals surface area contributed by atoms with Crippen LogP contribution < -0.4 is 5.32 Å². The van der Waals surface area contributed by atoms with Crippen molar-refractivity contribution >= 4 is 47.6 Å². The van der Waals surface area contributed by atoms with Gasteiger partial charge in [0.1, 0.15) is 0 Å². The maximum absolute atomic E-state index is 12.3. The van der Waals surface area contributed by atoms with Crippen LogP contribution in [-0.4, -0.2) is 91.2 Å². The van der Waals surface area contributed by atoms with E-state index >= 15 is 0 Å². The molecule has 1 aromatic rings. The standard InChI is InChI=1S/C21H33N5OS.HI/c1-18(28-19-8-4-3-5-9-19)16-23-21(22-2)26-14-12-24(13-15-26)17-20(27)25-10-6-7-11-25;/h3-5,8-9,18H,6-7,10-17H2,1-2H3,(H,22,23);1H. The molecule has 8 heteroatoms. The Morgan fingerprint density at radius 2 is 1.72 bits per heavy atom. The van der Waals surface area contributed by atoms with Crippen molar-refractivity contribution in [1.29, 1.82) is 0 Å². The van der Waals surface area contributed by atoms with E-state index in [1.54, 1.807) is 0 Å². The molecule has 0 bridgehead atoms. The van der Waals surface area contributed by atoms with Crippen molar-refractivity contribution in [2.45, 2.75) is 29.9 Å². The lowest BCUT2D eigenvalue weighted by atomic mass is 10.3. The molecule has 3 rings (SSSR count). The minimum Gasteiger partial charge on any atom is -0.355 e. The van der Waals surface area contributed by atoms with Crippen molar-refractivity contribution in [3.8, 4) is 0 Å². The number of guanidine groups is 1. The first kappa shape index (κ1) is 24.3. The average molecular weight is 532 g/mol. The summed E-state index contributed by atoms with van der Waals surface area (Å²) >= 11 is 1.88. The Balaban J connectivity index is 0.00000300. The summed E-state index contributed by atoms with van der Waals surface area (Å²) in [5.74, 6) is 1.26. The average Bonchev–Trinajstić information content (AvgIpc) is 3.25. The van der Waals surface area contributed by atoms with Crippen LogP contribution in [-0.2, 0) is 4.79 Å². The smallest absolute Gasteiger partial charge is 0.236 e. The van der Waals surface area contributed by atoms with Crippen LogP contribution in [0.5, 0.6) is 0 Å². The molecule has 6 nitrogen and oxygen atoms in total. The van der Waals surface area contributed by atoms with Gasteiger partial charge in [-0.05, 0) is 25.0 Å². The molecule has 2 aliphatic rings. The van der Waals surface area contributed by atoms with Gasteiger partial charge in [-0.3, -0.25) is 14.7 Å². The summed E-state index contributed by atoms with van der Waals surface area (Å²) in [5, 5.41) is 3.98. The number of benzene rings is 1. The Morgan fingerprint density at radius 3 is 2.34 bits per heavy atom. The van der Waals surface area contributed by atoms with Crippen molar-refractivity contribution in [3.63, 3.8) is 0 Å². The molecular weight excluding hydrogens is 497 g/mol. The van der Waals surface area contributed by atoms with Crippen LogP contribution in [0.3, 0.4) is 0 Å². The summed E-state index contributed by atoms with van der Waals surface area (Å²) in [6, 6.07) is 10.5. The summed E-state index contributed by atoms with van der Waals surface area (Å²) in [4.78, 5) is 24.7. The van der Waals surface area contributed by atoms with Crippen molar-refractivity contribution in [2.24, 2.45) is 4.99 Å². The lowest BCUT2D eigenvalue weighted by Crippen LogP contribution is -2.54. The highest BCUT2D eigenvalue weighted by atomic mass is 127. The van der Waals surface area contributed by atoms with Gasteiger partial charge in [-0.2, -0.15) is 0 Å². The number of likely N-dealkylation sites (tertiary alicyclic amines) is 1. The summed E-state index contributed by atoms with van der Waals surface area (Å²) in [7, 11) is 1.85. The fourth-order valence-corrected chi connectivity index (χ4v) is 4.66. The lowest BCUT2D eigenvalue weighted by molar-refractivity contribution is -0.131. The Labute approximate surface area is 196 Å². The zero-order valence-electron chi connectivity index (χ0n) is 17.5. The van der Waals surface area contributed by atoms with Crippen LogP contribution in [0.1, 0.15) is 19.8 Å². The van der Waals surface area contributed by atoms with Gasteiger partial charge in [-0.1, -0.05) is 25.1 Å². The molecule has 1 amide bonds. The summed E-state index contributed by atoms with van der Waals surface area (Å²) in [5.41, 5.74) is 0. The molecule has 1 atom stereocenters. The summed E-state index contributed by atoms with van der Waals surface area (Å²) in [6.07, 6.45) is 2.31. The zero-order valence-corrected chi connectivity index (χ0v) is 20.7. The van der Waals surface area contributed by atoms with Gasteiger partial charge in [-0.25, -0.2) is 0 Å². The first-order valence-electron chi connectivity index (χ1n) is 10.3. The Hall–Kier alpha value is -1.00. The molecule has 162 valence electrons. The quantitative estimate of drug-likeness (QED) is 0.265. The second-order valence-corrected chi connectivity index (χ2v) is 9.03. The Bertz CT molecular complexity index is 646. The number of rotatable bonds is 6. The Kier molecular flexibility index (Phi) is 10.6. The molecule has 2 saturated heterocycles. The van der Waals surface area contributed by atoms with E-state index in [4.69, 9.17) is 0 Å². The van der Waals surface area contributed by atoms with Gasteiger partial charge in [0.25, 0.3) is 0 Å². The normalized spacial score (nSPS) is 19.0. The largest absolute Gasteiger partial charge is 0.355 e. The molecule has 2 fully saturated rings. The lowest BCUT2D eigenvalue weighted by Gasteiger charge is -2.36. The molecule has 1 aromatic carbocycles. The van der Waals surface area contributed by atoms with E-state index < -0.39 is 0 Å². The van der Waals surface area contributed by atoms with Gasteiger partial charge in [0.15, 0.2) is 5.96 Å². The summed E-state index contributed by atoms with van der Waals surface area (Å²) in [6.45, 7) is 9.19. The van der Waals surface area contributed by atoms with Crippen LogP contribution >= 0.6 is 35.7 Å². The van der Waals surface area contributed by atoms with Crippen LogP contribution in [0.4, 0.5) is 0 Å². The highest BCUT2D eigenvalue weighted by Gasteiger charge is 2.24. The Morgan fingerprint density at radius 1 is 1.07 bits per heavy atom. The molecule has 2 aliphatic heterocycles. The molecular formula is C21H34IN5OS. The van der Waals surface area contributed by atoms with E-state index in [0.717, 1.165) is 64.6 Å². The molecule has 0 aromatic heterocycles. The number of piperazine rings is 1. The van der Waals surface area contributed by atoms with Crippen molar-refractivity contribution < 1.29 is 4.79 Å². The van der Waals surface area contributed by atoms with Gasteiger partial charge in [0.05, 0.1) is 6.54 Å². The number of hydrogen-bond donors (Lipinski definition) is 1. The first-order chi connectivity index (χ1) is 13.7. The second kappa shape index (κ2) is 12.6. The van der Waals surface area contributed by atoms with Crippen LogP contribution in [0, 0.1) is 0 Å². The van der Waals surface area contributed by atoms with E-state index in [2.05, 4.69) is 51.3 Å². The second-order valence-electron chi connectivity index (χ2n) is 7.52. The number of halogens is 1. The first-order valence-corrected chi connectivity index (χ1v) is 11.2. The van der Waals surface area contributed by atoms with Gasteiger partial charge >= 0.3 is 0 Å². The molecule has 2 heterocycles.